The molecule has 0 radical (unpaired) electrons. The molecule has 0 aliphatic carbocycles. The first-order valence-corrected chi connectivity index (χ1v) is 9.02. The van der Waals surface area contributed by atoms with Crippen molar-refractivity contribution in [2.24, 2.45) is 5.92 Å². The predicted molar refractivity (Wildman–Crippen MR) is 93.0 cm³/mol. The molecule has 0 saturated carbocycles. The third kappa shape index (κ3) is 3.23. The SMILES string of the molecule is Cc1nc(-c2cccnc2N2CCC(C(=O)N3CCCC3)CC2)no1. The molecule has 0 unspecified atom stereocenters. The van der Waals surface area contributed by atoms with Crippen LogP contribution in [0.3, 0.4) is 0 Å². The highest BCUT2D eigenvalue weighted by molar-refractivity contribution is 5.79. The summed E-state index contributed by atoms with van der Waals surface area (Å²) in [4.78, 5) is 25.7. The van der Waals surface area contributed by atoms with Crippen LogP contribution in [0.5, 0.6) is 0 Å². The molecule has 0 atom stereocenters. The molecule has 2 saturated heterocycles. The molecule has 0 N–H and O–H groups in total. The van der Waals surface area contributed by atoms with E-state index >= 15 is 0 Å². The second-order valence-electron chi connectivity index (χ2n) is 6.81. The monoisotopic (exact) mass is 341 g/mol. The van der Waals surface area contributed by atoms with Gasteiger partial charge in [-0.3, -0.25) is 4.79 Å². The molecule has 4 heterocycles. The summed E-state index contributed by atoms with van der Waals surface area (Å²) < 4.78 is 5.11. The van der Waals surface area contributed by atoms with Crippen LogP contribution in [-0.2, 0) is 4.79 Å². The minimum atomic E-state index is 0.147. The summed E-state index contributed by atoms with van der Waals surface area (Å²) in [6.45, 7) is 5.29. The van der Waals surface area contributed by atoms with Crippen molar-refractivity contribution in [2.75, 3.05) is 31.1 Å². The van der Waals surface area contributed by atoms with Crippen molar-refractivity contribution in [3.8, 4) is 11.4 Å². The van der Waals surface area contributed by atoms with E-state index in [1.807, 2.05) is 17.0 Å². The van der Waals surface area contributed by atoms with Crippen molar-refractivity contribution in [1.82, 2.24) is 20.0 Å². The standard InChI is InChI=1S/C18H23N5O2/c1-13-20-16(21-25-13)15-5-4-8-19-17(15)22-11-6-14(7-12-22)18(24)23-9-2-3-10-23/h4-5,8,14H,2-3,6-7,9-12H2,1H3. The summed E-state index contributed by atoms with van der Waals surface area (Å²) in [5.41, 5.74) is 0.878. The van der Waals surface area contributed by atoms with Gasteiger partial charge < -0.3 is 14.3 Å². The number of hydrogen-bond acceptors (Lipinski definition) is 6. The molecule has 2 aliphatic rings. The summed E-state index contributed by atoms with van der Waals surface area (Å²) in [6.07, 6.45) is 5.82. The molecular weight excluding hydrogens is 318 g/mol. The number of likely N-dealkylation sites (tertiary alicyclic amines) is 1. The smallest absolute Gasteiger partial charge is 0.225 e. The number of anilines is 1. The Morgan fingerprint density at radius 2 is 1.96 bits per heavy atom. The van der Waals surface area contributed by atoms with Crippen molar-refractivity contribution >= 4 is 11.7 Å². The first-order chi connectivity index (χ1) is 12.2. The zero-order chi connectivity index (χ0) is 17.2. The van der Waals surface area contributed by atoms with Crippen molar-refractivity contribution < 1.29 is 9.32 Å². The second-order valence-corrected chi connectivity index (χ2v) is 6.81. The Balaban J connectivity index is 1.47. The minimum absolute atomic E-state index is 0.147. The number of carbonyl (C=O) groups excluding carboxylic acids is 1. The number of rotatable bonds is 3. The summed E-state index contributed by atoms with van der Waals surface area (Å²) >= 11 is 0. The summed E-state index contributed by atoms with van der Waals surface area (Å²) in [7, 11) is 0. The number of aryl methyl sites for hydroxylation is 1. The molecular formula is C18H23N5O2. The Morgan fingerprint density at radius 1 is 1.20 bits per heavy atom. The molecule has 2 aromatic heterocycles. The van der Waals surface area contributed by atoms with Gasteiger partial charge in [0.1, 0.15) is 5.82 Å². The number of hydrogen-bond donors (Lipinski definition) is 0. The molecule has 25 heavy (non-hydrogen) atoms. The van der Waals surface area contributed by atoms with E-state index in [1.165, 1.54) is 0 Å². The van der Waals surface area contributed by atoms with Crippen LogP contribution >= 0.6 is 0 Å². The van der Waals surface area contributed by atoms with Gasteiger partial charge in [-0.15, -0.1) is 0 Å². The fourth-order valence-electron chi connectivity index (χ4n) is 3.77. The topological polar surface area (TPSA) is 75.4 Å². The molecule has 2 fully saturated rings. The normalized spacial score (nSPS) is 18.8. The molecule has 4 rings (SSSR count). The van der Waals surface area contributed by atoms with E-state index in [0.717, 1.165) is 63.2 Å². The van der Waals surface area contributed by atoms with Crippen molar-refractivity contribution in [1.29, 1.82) is 0 Å². The van der Waals surface area contributed by atoms with Crippen LogP contribution in [0.4, 0.5) is 5.82 Å². The van der Waals surface area contributed by atoms with Crippen LogP contribution in [0.25, 0.3) is 11.4 Å². The number of piperidine rings is 1. The maximum atomic E-state index is 12.6. The Hall–Kier alpha value is -2.44. The molecule has 0 spiro atoms. The summed E-state index contributed by atoms with van der Waals surface area (Å²) in [5.74, 6) is 2.46. The number of aromatic nitrogens is 3. The van der Waals surface area contributed by atoms with E-state index < -0.39 is 0 Å². The third-order valence-corrected chi connectivity index (χ3v) is 5.12. The molecule has 0 bridgehead atoms. The third-order valence-electron chi connectivity index (χ3n) is 5.12. The van der Waals surface area contributed by atoms with E-state index in [9.17, 15) is 4.79 Å². The van der Waals surface area contributed by atoms with Gasteiger partial charge >= 0.3 is 0 Å². The van der Waals surface area contributed by atoms with Crippen molar-refractivity contribution in [3.63, 3.8) is 0 Å². The van der Waals surface area contributed by atoms with E-state index in [2.05, 4.69) is 20.0 Å². The lowest BCUT2D eigenvalue weighted by atomic mass is 9.95. The van der Waals surface area contributed by atoms with E-state index in [0.29, 0.717) is 17.6 Å². The van der Waals surface area contributed by atoms with Gasteiger partial charge in [0.2, 0.25) is 17.6 Å². The Kier molecular flexibility index (Phi) is 4.38. The summed E-state index contributed by atoms with van der Waals surface area (Å²) in [5, 5.41) is 4.02. The zero-order valence-electron chi connectivity index (χ0n) is 14.5. The van der Waals surface area contributed by atoms with Crippen molar-refractivity contribution in [3.05, 3.63) is 24.2 Å². The van der Waals surface area contributed by atoms with Crippen LogP contribution in [0.1, 0.15) is 31.6 Å². The lowest BCUT2D eigenvalue weighted by Gasteiger charge is -2.34. The average molecular weight is 341 g/mol. The van der Waals surface area contributed by atoms with Crippen LogP contribution in [0, 0.1) is 12.8 Å². The number of pyridine rings is 1. The Labute approximate surface area is 147 Å². The second kappa shape index (κ2) is 6.82. The van der Waals surface area contributed by atoms with E-state index in [4.69, 9.17) is 4.52 Å². The highest BCUT2D eigenvalue weighted by atomic mass is 16.5. The molecule has 1 amide bonds. The predicted octanol–water partition coefficient (Wildman–Crippen LogP) is 2.28. The first-order valence-electron chi connectivity index (χ1n) is 9.02. The van der Waals surface area contributed by atoms with Gasteiger partial charge in [-0.2, -0.15) is 4.98 Å². The largest absolute Gasteiger partial charge is 0.356 e. The molecule has 132 valence electrons. The van der Waals surface area contributed by atoms with Crippen LogP contribution in [0.15, 0.2) is 22.9 Å². The highest BCUT2D eigenvalue weighted by Crippen LogP contribution is 2.30. The molecule has 7 heteroatoms. The van der Waals surface area contributed by atoms with Gasteiger partial charge in [0.15, 0.2) is 0 Å². The number of nitrogens with zero attached hydrogens (tertiary/aromatic N) is 5. The zero-order valence-corrected chi connectivity index (χ0v) is 14.5. The van der Waals surface area contributed by atoms with Gasteiger partial charge in [0.25, 0.3) is 0 Å². The van der Waals surface area contributed by atoms with E-state index in [-0.39, 0.29) is 5.92 Å². The van der Waals surface area contributed by atoms with Gasteiger partial charge in [-0.1, -0.05) is 5.16 Å². The fraction of sp³-hybridized carbons (Fsp3) is 0.556. The molecule has 2 aliphatic heterocycles. The van der Waals surface area contributed by atoms with Crippen LogP contribution < -0.4 is 4.90 Å². The molecule has 0 aromatic carbocycles. The van der Waals surface area contributed by atoms with E-state index in [1.54, 1.807) is 13.1 Å². The van der Waals surface area contributed by atoms with Gasteiger partial charge in [0, 0.05) is 45.2 Å². The number of amides is 1. The first kappa shape index (κ1) is 16.1. The maximum Gasteiger partial charge on any atom is 0.225 e. The maximum absolute atomic E-state index is 12.6. The Morgan fingerprint density at radius 3 is 2.64 bits per heavy atom. The molecule has 2 aromatic rings. The minimum Gasteiger partial charge on any atom is -0.356 e. The van der Waals surface area contributed by atoms with Crippen molar-refractivity contribution in [2.45, 2.75) is 32.6 Å². The van der Waals surface area contributed by atoms with Gasteiger partial charge in [-0.25, -0.2) is 4.98 Å². The van der Waals surface area contributed by atoms with Gasteiger partial charge in [-0.05, 0) is 37.8 Å². The fourth-order valence-corrected chi connectivity index (χ4v) is 3.77. The van der Waals surface area contributed by atoms with Gasteiger partial charge in [0.05, 0.1) is 5.56 Å². The molecule has 7 nitrogen and oxygen atoms in total. The Bertz CT molecular complexity index is 745. The highest BCUT2D eigenvalue weighted by Gasteiger charge is 2.31. The quantitative estimate of drug-likeness (QED) is 0.852. The lowest BCUT2D eigenvalue weighted by molar-refractivity contribution is -0.135. The number of carbonyl (C=O) groups is 1. The summed E-state index contributed by atoms with van der Waals surface area (Å²) in [6, 6.07) is 3.85. The van der Waals surface area contributed by atoms with Crippen LogP contribution in [0.2, 0.25) is 0 Å². The average Bonchev–Trinajstić information content (AvgIpc) is 3.33. The lowest BCUT2D eigenvalue weighted by Crippen LogP contribution is -2.42. The van der Waals surface area contributed by atoms with Crippen LogP contribution in [-0.4, -0.2) is 52.1 Å².